The quantitative estimate of drug-likeness (QED) is 0.828. The Morgan fingerprint density at radius 1 is 1.29 bits per heavy atom. The van der Waals surface area contributed by atoms with Crippen LogP contribution in [0.3, 0.4) is 0 Å². The number of amides is 1. The SMILES string of the molecule is CC1CCN(C(=O)c2cccc(N(C)C)c2)CCS1(=O)=O. The molecule has 1 heterocycles. The molecule has 1 unspecified atom stereocenters. The number of anilines is 1. The number of hydrogen-bond acceptors (Lipinski definition) is 4. The number of carbonyl (C=O) groups is 1. The van der Waals surface area contributed by atoms with E-state index in [1.54, 1.807) is 17.9 Å². The molecular formula is C15H22N2O3S. The van der Waals surface area contributed by atoms with Crippen LogP contribution in [0, 0.1) is 0 Å². The van der Waals surface area contributed by atoms with Gasteiger partial charge in [0.2, 0.25) is 0 Å². The normalized spacial score (nSPS) is 21.7. The van der Waals surface area contributed by atoms with Gasteiger partial charge >= 0.3 is 0 Å². The third-order valence-electron chi connectivity index (χ3n) is 3.96. The molecule has 1 aliphatic heterocycles. The second-order valence-electron chi connectivity index (χ2n) is 5.70. The first kappa shape index (κ1) is 15.8. The van der Waals surface area contributed by atoms with E-state index < -0.39 is 9.84 Å². The van der Waals surface area contributed by atoms with Gasteiger partial charge in [0, 0.05) is 38.4 Å². The Morgan fingerprint density at radius 3 is 2.67 bits per heavy atom. The molecule has 1 fully saturated rings. The Labute approximate surface area is 126 Å². The fraction of sp³-hybridized carbons (Fsp3) is 0.533. The van der Waals surface area contributed by atoms with Crippen molar-refractivity contribution in [3.63, 3.8) is 0 Å². The van der Waals surface area contributed by atoms with Gasteiger partial charge in [0.1, 0.15) is 0 Å². The number of sulfone groups is 1. The Kier molecular flexibility index (Phi) is 4.56. The van der Waals surface area contributed by atoms with Gasteiger partial charge in [-0.1, -0.05) is 6.07 Å². The van der Waals surface area contributed by atoms with Crippen molar-refractivity contribution >= 4 is 21.4 Å². The zero-order valence-electron chi connectivity index (χ0n) is 12.7. The van der Waals surface area contributed by atoms with Crippen molar-refractivity contribution in [2.75, 3.05) is 37.8 Å². The van der Waals surface area contributed by atoms with Crippen molar-refractivity contribution in [2.24, 2.45) is 0 Å². The molecule has 1 saturated heterocycles. The summed E-state index contributed by atoms with van der Waals surface area (Å²) in [4.78, 5) is 16.1. The number of carbonyl (C=O) groups excluding carboxylic acids is 1. The highest BCUT2D eigenvalue weighted by molar-refractivity contribution is 7.92. The molecule has 1 aromatic carbocycles. The number of hydrogen-bond donors (Lipinski definition) is 0. The van der Waals surface area contributed by atoms with E-state index in [0.717, 1.165) is 5.69 Å². The topological polar surface area (TPSA) is 57.7 Å². The first-order valence-electron chi connectivity index (χ1n) is 7.09. The van der Waals surface area contributed by atoms with E-state index in [2.05, 4.69) is 0 Å². The molecule has 0 saturated carbocycles. The Balaban J connectivity index is 2.19. The molecule has 0 spiro atoms. The highest BCUT2D eigenvalue weighted by Crippen LogP contribution is 2.18. The monoisotopic (exact) mass is 310 g/mol. The van der Waals surface area contributed by atoms with Gasteiger partial charge in [-0.15, -0.1) is 0 Å². The molecule has 5 nitrogen and oxygen atoms in total. The first-order valence-corrected chi connectivity index (χ1v) is 8.81. The van der Waals surface area contributed by atoms with Crippen LogP contribution in [0.15, 0.2) is 24.3 Å². The molecule has 0 aliphatic carbocycles. The van der Waals surface area contributed by atoms with Crippen LogP contribution in [0.1, 0.15) is 23.7 Å². The Hall–Kier alpha value is -1.56. The minimum Gasteiger partial charge on any atom is -0.378 e. The zero-order valence-corrected chi connectivity index (χ0v) is 13.6. The van der Waals surface area contributed by atoms with Gasteiger partial charge in [-0.25, -0.2) is 8.42 Å². The van der Waals surface area contributed by atoms with E-state index in [1.807, 2.05) is 37.2 Å². The van der Waals surface area contributed by atoms with Gasteiger partial charge in [-0.2, -0.15) is 0 Å². The third-order valence-corrected chi connectivity index (χ3v) is 6.17. The summed E-state index contributed by atoms with van der Waals surface area (Å²) in [6.07, 6.45) is 0.501. The van der Waals surface area contributed by atoms with Crippen molar-refractivity contribution in [3.8, 4) is 0 Å². The molecule has 21 heavy (non-hydrogen) atoms. The summed E-state index contributed by atoms with van der Waals surface area (Å²) in [5.41, 5.74) is 1.56. The maximum absolute atomic E-state index is 12.6. The van der Waals surface area contributed by atoms with E-state index in [4.69, 9.17) is 0 Å². The van der Waals surface area contributed by atoms with E-state index >= 15 is 0 Å². The van der Waals surface area contributed by atoms with Crippen LogP contribution in [0.25, 0.3) is 0 Å². The highest BCUT2D eigenvalue weighted by Gasteiger charge is 2.28. The molecule has 116 valence electrons. The molecule has 1 aliphatic rings. The summed E-state index contributed by atoms with van der Waals surface area (Å²) in [5, 5.41) is -0.372. The lowest BCUT2D eigenvalue weighted by Crippen LogP contribution is -2.33. The van der Waals surface area contributed by atoms with Crippen LogP contribution in [0.5, 0.6) is 0 Å². The maximum atomic E-state index is 12.6. The molecule has 2 rings (SSSR count). The van der Waals surface area contributed by atoms with Crippen LogP contribution in [0.4, 0.5) is 5.69 Å². The predicted molar refractivity (Wildman–Crippen MR) is 84.5 cm³/mol. The van der Waals surface area contributed by atoms with E-state index in [0.29, 0.717) is 18.5 Å². The maximum Gasteiger partial charge on any atom is 0.253 e. The van der Waals surface area contributed by atoms with Crippen molar-refractivity contribution < 1.29 is 13.2 Å². The van der Waals surface area contributed by atoms with Crippen LogP contribution >= 0.6 is 0 Å². The van der Waals surface area contributed by atoms with Gasteiger partial charge in [-0.05, 0) is 31.5 Å². The van der Waals surface area contributed by atoms with Gasteiger partial charge in [0.25, 0.3) is 5.91 Å². The fourth-order valence-corrected chi connectivity index (χ4v) is 3.71. The molecule has 0 aromatic heterocycles. The fourth-order valence-electron chi connectivity index (χ4n) is 2.37. The molecule has 0 bridgehead atoms. The molecule has 1 amide bonds. The van der Waals surface area contributed by atoms with Gasteiger partial charge < -0.3 is 9.80 Å². The predicted octanol–water partition coefficient (Wildman–Crippen LogP) is 1.40. The smallest absolute Gasteiger partial charge is 0.253 e. The third kappa shape index (κ3) is 3.56. The standard InChI is InChI=1S/C15H22N2O3S/c1-12-7-8-17(9-10-21(12,19)20)15(18)13-5-4-6-14(11-13)16(2)3/h4-6,11-12H,7-10H2,1-3H3. The molecule has 6 heteroatoms. The highest BCUT2D eigenvalue weighted by atomic mass is 32.2. The van der Waals surface area contributed by atoms with Crippen molar-refractivity contribution in [1.82, 2.24) is 4.90 Å². The molecular weight excluding hydrogens is 288 g/mol. The number of nitrogens with zero attached hydrogens (tertiary/aromatic N) is 2. The van der Waals surface area contributed by atoms with Crippen LogP contribution in [0.2, 0.25) is 0 Å². The van der Waals surface area contributed by atoms with Crippen molar-refractivity contribution in [2.45, 2.75) is 18.6 Å². The lowest BCUT2D eigenvalue weighted by atomic mass is 10.1. The van der Waals surface area contributed by atoms with Crippen LogP contribution in [-0.4, -0.2) is 57.4 Å². The van der Waals surface area contributed by atoms with E-state index in [9.17, 15) is 13.2 Å². The summed E-state index contributed by atoms with van der Waals surface area (Å²) in [5.74, 6) is -0.0456. The number of rotatable bonds is 2. The van der Waals surface area contributed by atoms with E-state index in [-0.39, 0.29) is 23.5 Å². The lowest BCUT2D eigenvalue weighted by molar-refractivity contribution is 0.0767. The van der Waals surface area contributed by atoms with Crippen molar-refractivity contribution in [3.05, 3.63) is 29.8 Å². The largest absolute Gasteiger partial charge is 0.378 e. The number of benzene rings is 1. The van der Waals surface area contributed by atoms with Gasteiger partial charge in [0.05, 0.1) is 11.0 Å². The Morgan fingerprint density at radius 2 is 2.00 bits per heavy atom. The van der Waals surface area contributed by atoms with Crippen LogP contribution in [-0.2, 0) is 9.84 Å². The second-order valence-corrected chi connectivity index (χ2v) is 8.24. The second kappa shape index (κ2) is 6.05. The summed E-state index contributed by atoms with van der Waals surface area (Å²) in [6.45, 7) is 2.49. The van der Waals surface area contributed by atoms with Crippen LogP contribution < -0.4 is 4.90 Å². The zero-order chi connectivity index (χ0) is 15.6. The lowest BCUT2D eigenvalue weighted by Gasteiger charge is -2.21. The summed E-state index contributed by atoms with van der Waals surface area (Å²) >= 11 is 0. The van der Waals surface area contributed by atoms with Crippen molar-refractivity contribution in [1.29, 1.82) is 0 Å². The molecule has 1 aromatic rings. The average molecular weight is 310 g/mol. The minimum atomic E-state index is -3.07. The minimum absolute atomic E-state index is 0.0489. The summed E-state index contributed by atoms with van der Waals surface area (Å²) in [7, 11) is 0.771. The average Bonchev–Trinajstić information content (AvgIpc) is 2.58. The molecule has 1 atom stereocenters. The van der Waals surface area contributed by atoms with Gasteiger partial charge in [0.15, 0.2) is 9.84 Å². The molecule has 0 N–H and O–H groups in total. The van der Waals surface area contributed by atoms with E-state index in [1.165, 1.54) is 0 Å². The Bertz CT molecular complexity index is 626. The molecule has 0 radical (unpaired) electrons. The summed E-state index contributed by atoms with van der Waals surface area (Å²) in [6, 6.07) is 7.40. The summed E-state index contributed by atoms with van der Waals surface area (Å²) < 4.78 is 23.8. The van der Waals surface area contributed by atoms with Gasteiger partial charge in [-0.3, -0.25) is 4.79 Å². The first-order chi connectivity index (χ1) is 9.81.